The molecule has 1 fully saturated rings. The maximum absolute atomic E-state index is 12.2. The number of imide groups is 1. The summed E-state index contributed by atoms with van der Waals surface area (Å²) < 4.78 is 11.4. The lowest BCUT2D eigenvalue weighted by Crippen LogP contribution is -2.40. The summed E-state index contributed by atoms with van der Waals surface area (Å²) in [6, 6.07) is 3.37. The van der Waals surface area contributed by atoms with Crippen LogP contribution in [0.5, 0.6) is 11.5 Å². The van der Waals surface area contributed by atoms with Gasteiger partial charge in [-0.3, -0.25) is 14.5 Å². The van der Waals surface area contributed by atoms with Gasteiger partial charge in [0.25, 0.3) is 5.91 Å². The van der Waals surface area contributed by atoms with E-state index in [1.807, 2.05) is 26.0 Å². The highest BCUT2D eigenvalue weighted by Gasteiger charge is 2.34. The third-order valence-electron chi connectivity index (χ3n) is 4.39. The van der Waals surface area contributed by atoms with E-state index in [4.69, 9.17) is 9.47 Å². The SMILES string of the molecule is CCOc1cc2c(cc1CNC(=O)CN1C(=O)CN(C)C1=O)O[C@H](C)C2. The summed E-state index contributed by atoms with van der Waals surface area (Å²) in [5.74, 6) is 0.732. The molecule has 8 nitrogen and oxygen atoms in total. The number of rotatable bonds is 6. The Morgan fingerprint density at radius 3 is 2.81 bits per heavy atom. The summed E-state index contributed by atoms with van der Waals surface area (Å²) in [6.07, 6.45) is 0.947. The summed E-state index contributed by atoms with van der Waals surface area (Å²) in [6.45, 7) is 4.36. The molecule has 140 valence electrons. The van der Waals surface area contributed by atoms with E-state index < -0.39 is 11.9 Å². The van der Waals surface area contributed by atoms with Crippen LogP contribution >= 0.6 is 0 Å². The van der Waals surface area contributed by atoms with Crippen molar-refractivity contribution in [1.29, 1.82) is 0 Å². The molecule has 1 aromatic carbocycles. The van der Waals surface area contributed by atoms with Crippen LogP contribution in [0.1, 0.15) is 25.0 Å². The minimum atomic E-state index is -0.458. The first kappa shape index (κ1) is 18.0. The van der Waals surface area contributed by atoms with E-state index >= 15 is 0 Å². The van der Waals surface area contributed by atoms with Crippen LogP contribution in [-0.4, -0.2) is 60.5 Å². The van der Waals surface area contributed by atoms with Crippen LogP contribution in [0.15, 0.2) is 12.1 Å². The molecule has 0 spiro atoms. The van der Waals surface area contributed by atoms with Crippen molar-refractivity contribution in [3.05, 3.63) is 23.3 Å². The summed E-state index contributed by atoms with van der Waals surface area (Å²) in [4.78, 5) is 38.0. The highest BCUT2D eigenvalue weighted by molar-refractivity contribution is 6.04. The predicted octanol–water partition coefficient (Wildman–Crippen LogP) is 0.919. The molecular weight excluding hydrogens is 338 g/mol. The minimum absolute atomic E-state index is 0.000939. The third-order valence-corrected chi connectivity index (χ3v) is 4.39. The topological polar surface area (TPSA) is 88.2 Å². The van der Waals surface area contributed by atoms with Gasteiger partial charge in [-0.2, -0.15) is 0 Å². The monoisotopic (exact) mass is 361 g/mol. The van der Waals surface area contributed by atoms with Crippen LogP contribution in [0.2, 0.25) is 0 Å². The Bertz CT molecular complexity index is 749. The number of amides is 4. The molecule has 0 aliphatic carbocycles. The molecule has 1 aromatic rings. The molecule has 2 aliphatic rings. The van der Waals surface area contributed by atoms with Crippen LogP contribution in [-0.2, 0) is 22.6 Å². The van der Waals surface area contributed by atoms with Crippen LogP contribution in [0.3, 0.4) is 0 Å². The Kier molecular flexibility index (Phi) is 5.01. The van der Waals surface area contributed by atoms with Crippen LogP contribution < -0.4 is 14.8 Å². The van der Waals surface area contributed by atoms with Gasteiger partial charge in [-0.1, -0.05) is 0 Å². The van der Waals surface area contributed by atoms with Crippen LogP contribution in [0, 0.1) is 0 Å². The van der Waals surface area contributed by atoms with Crippen molar-refractivity contribution in [3.8, 4) is 11.5 Å². The van der Waals surface area contributed by atoms with Crippen molar-refractivity contribution in [2.45, 2.75) is 32.9 Å². The highest BCUT2D eigenvalue weighted by atomic mass is 16.5. The van der Waals surface area contributed by atoms with E-state index in [0.29, 0.717) is 12.4 Å². The second-order valence-corrected chi connectivity index (χ2v) is 6.53. The zero-order valence-electron chi connectivity index (χ0n) is 15.2. The fraction of sp³-hybridized carbons (Fsp3) is 0.500. The van der Waals surface area contributed by atoms with Gasteiger partial charge in [0.05, 0.1) is 6.61 Å². The van der Waals surface area contributed by atoms with Gasteiger partial charge in [0.15, 0.2) is 0 Å². The summed E-state index contributed by atoms with van der Waals surface area (Å²) in [5.41, 5.74) is 1.89. The normalized spacial score (nSPS) is 18.8. The molecule has 0 saturated carbocycles. The van der Waals surface area contributed by atoms with E-state index in [9.17, 15) is 14.4 Å². The third kappa shape index (κ3) is 3.58. The number of urea groups is 1. The summed E-state index contributed by atoms with van der Waals surface area (Å²) >= 11 is 0. The van der Waals surface area contributed by atoms with Crippen molar-refractivity contribution >= 4 is 17.8 Å². The van der Waals surface area contributed by atoms with E-state index in [2.05, 4.69) is 5.32 Å². The van der Waals surface area contributed by atoms with E-state index in [1.54, 1.807) is 0 Å². The van der Waals surface area contributed by atoms with Crippen LogP contribution in [0.25, 0.3) is 0 Å². The molecule has 2 heterocycles. The Balaban J connectivity index is 1.65. The largest absolute Gasteiger partial charge is 0.494 e. The molecule has 2 aliphatic heterocycles. The van der Waals surface area contributed by atoms with Gasteiger partial charge < -0.3 is 19.7 Å². The summed E-state index contributed by atoms with van der Waals surface area (Å²) in [5, 5.41) is 2.74. The van der Waals surface area contributed by atoms with Gasteiger partial charge in [-0.25, -0.2) is 4.79 Å². The maximum Gasteiger partial charge on any atom is 0.327 e. The van der Waals surface area contributed by atoms with Gasteiger partial charge in [0, 0.05) is 31.1 Å². The molecule has 26 heavy (non-hydrogen) atoms. The Hall–Kier alpha value is -2.77. The molecular formula is C18H23N3O5. The number of nitrogens with zero attached hydrogens (tertiary/aromatic N) is 2. The average molecular weight is 361 g/mol. The predicted molar refractivity (Wildman–Crippen MR) is 93.0 cm³/mol. The van der Waals surface area contributed by atoms with Crippen molar-refractivity contribution in [3.63, 3.8) is 0 Å². The fourth-order valence-electron chi connectivity index (χ4n) is 3.13. The molecule has 0 bridgehead atoms. The van der Waals surface area contributed by atoms with Crippen molar-refractivity contribution in [1.82, 2.24) is 15.1 Å². The number of hydrogen-bond donors (Lipinski definition) is 1. The number of hydrogen-bond acceptors (Lipinski definition) is 5. The maximum atomic E-state index is 12.2. The molecule has 0 radical (unpaired) electrons. The molecule has 4 amide bonds. The number of likely N-dealkylation sites (N-methyl/N-ethyl adjacent to an activating group) is 1. The van der Waals surface area contributed by atoms with E-state index in [1.165, 1.54) is 11.9 Å². The van der Waals surface area contributed by atoms with Gasteiger partial charge in [0.1, 0.15) is 30.7 Å². The van der Waals surface area contributed by atoms with Crippen molar-refractivity contribution in [2.24, 2.45) is 0 Å². The number of nitrogens with one attached hydrogen (secondary N) is 1. The highest BCUT2D eigenvalue weighted by Crippen LogP contribution is 2.35. The number of carbonyl (C=O) groups is 3. The molecule has 0 aromatic heterocycles. The number of carbonyl (C=O) groups excluding carboxylic acids is 3. The zero-order chi connectivity index (χ0) is 18.8. The van der Waals surface area contributed by atoms with E-state index in [0.717, 1.165) is 28.2 Å². The lowest BCUT2D eigenvalue weighted by Gasteiger charge is -2.16. The van der Waals surface area contributed by atoms with Crippen molar-refractivity contribution < 1.29 is 23.9 Å². The smallest absolute Gasteiger partial charge is 0.327 e. The van der Waals surface area contributed by atoms with E-state index in [-0.39, 0.29) is 31.6 Å². The lowest BCUT2D eigenvalue weighted by molar-refractivity contribution is -0.130. The van der Waals surface area contributed by atoms with Crippen molar-refractivity contribution in [2.75, 3.05) is 26.7 Å². The molecule has 8 heteroatoms. The second kappa shape index (κ2) is 7.23. The van der Waals surface area contributed by atoms with Gasteiger partial charge in [-0.15, -0.1) is 0 Å². The molecule has 3 rings (SSSR count). The average Bonchev–Trinajstić information content (AvgIpc) is 3.06. The van der Waals surface area contributed by atoms with Gasteiger partial charge in [-0.05, 0) is 26.0 Å². The zero-order valence-corrected chi connectivity index (χ0v) is 15.2. The number of ether oxygens (including phenoxy) is 2. The van der Waals surface area contributed by atoms with Crippen LogP contribution in [0.4, 0.5) is 4.79 Å². The van der Waals surface area contributed by atoms with Gasteiger partial charge >= 0.3 is 6.03 Å². The Morgan fingerprint density at radius 1 is 1.38 bits per heavy atom. The first-order chi connectivity index (χ1) is 12.4. The summed E-state index contributed by atoms with van der Waals surface area (Å²) in [7, 11) is 1.53. The number of benzene rings is 1. The molecule has 0 unspecified atom stereocenters. The standard InChI is InChI=1S/C18H23N3O5/c1-4-25-14-6-12-5-11(2)26-15(12)7-13(14)8-19-16(22)9-21-17(23)10-20(3)18(21)24/h6-7,11H,4-5,8-10H2,1-3H3,(H,19,22)/t11-/m1/s1. The quantitative estimate of drug-likeness (QED) is 0.761. The number of fused-ring (bicyclic) bond motifs is 1. The lowest BCUT2D eigenvalue weighted by atomic mass is 10.1. The first-order valence-electron chi connectivity index (χ1n) is 8.66. The fourth-order valence-corrected chi connectivity index (χ4v) is 3.13. The second-order valence-electron chi connectivity index (χ2n) is 6.53. The Labute approximate surface area is 152 Å². The first-order valence-corrected chi connectivity index (χ1v) is 8.66. The minimum Gasteiger partial charge on any atom is -0.494 e. The molecule has 1 atom stereocenters. The molecule has 1 N–H and O–H groups in total. The Morgan fingerprint density at radius 2 is 2.15 bits per heavy atom. The van der Waals surface area contributed by atoms with Gasteiger partial charge in [0.2, 0.25) is 5.91 Å². The molecule has 1 saturated heterocycles.